The minimum absolute atomic E-state index is 0.0425. The zero-order chi connectivity index (χ0) is 12.4. The van der Waals surface area contributed by atoms with Crippen molar-refractivity contribution < 1.29 is 9.53 Å². The van der Waals surface area contributed by atoms with Crippen molar-refractivity contribution in [2.45, 2.75) is 25.6 Å². The number of ether oxygens (including phenoxy) is 1. The lowest BCUT2D eigenvalue weighted by molar-refractivity contribution is -0.117. The van der Waals surface area contributed by atoms with Gasteiger partial charge in [0, 0.05) is 12.1 Å². The highest BCUT2D eigenvalue weighted by Crippen LogP contribution is 2.35. The third-order valence-corrected chi connectivity index (χ3v) is 3.08. The molecule has 1 aromatic carbocycles. The molecule has 1 aliphatic heterocycles. The maximum Gasteiger partial charge on any atom is 0.244 e. The summed E-state index contributed by atoms with van der Waals surface area (Å²) in [4.78, 5) is 13.7. The van der Waals surface area contributed by atoms with Gasteiger partial charge in [0.15, 0.2) is 0 Å². The molecule has 3 nitrogen and oxygen atoms in total. The molecule has 0 N–H and O–H groups in total. The van der Waals surface area contributed by atoms with Crippen molar-refractivity contribution in [3.05, 3.63) is 23.8 Å². The second kappa shape index (κ2) is 4.96. The van der Waals surface area contributed by atoms with Crippen molar-refractivity contribution >= 4 is 23.2 Å². The quantitative estimate of drug-likeness (QED) is 0.775. The van der Waals surface area contributed by atoms with Crippen LogP contribution in [0.15, 0.2) is 18.2 Å². The maximum atomic E-state index is 11.9. The minimum atomic E-state index is -0.489. The molecule has 0 aromatic heterocycles. The van der Waals surface area contributed by atoms with E-state index in [-0.39, 0.29) is 5.91 Å². The topological polar surface area (TPSA) is 29.5 Å². The Morgan fingerprint density at radius 1 is 1.59 bits per heavy atom. The Hall–Kier alpha value is -1.22. The molecule has 0 fully saturated rings. The molecule has 1 aliphatic rings. The first kappa shape index (κ1) is 12.2. The van der Waals surface area contributed by atoms with E-state index in [1.54, 1.807) is 11.8 Å². The molecule has 0 aliphatic carbocycles. The molecule has 4 heteroatoms. The van der Waals surface area contributed by atoms with Crippen LogP contribution in [0.1, 0.15) is 19.4 Å². The van der Waals surface area contributed by atoms with Gasteiger partial charge >= 0.3 is 0 Å². The normalized spacial score (nSPS) is 15.6. The zero-order valence-electron chi connectivity index (χ0n) is 10.1. The summed E-state index contributed by atoms with van der Waals surface area (Å²) in [6, 6.07) is 5.80. The fourth-order valence-corrected chi connectivity index (χ4v) is 2.25. The van der Waals surface area contributed by atoms with E-state index in [1.165, 1.54) is 0 Å². The van der Waals surface area contributed by atoms with Crippen molar-refractivity contribution in [2.75, 3.05) is 18.1 Å². The highest BCUT2D eigenvalue weighted by molar-refractivity contribution is 6.32. The van der Waals surface area contributed by atoms with Crippen molar-refractivity contribution in [3.63, 3.8) is 0 Å². The van der Waals surface area contributed by atoms with Gasteiger partial charge in [-0.25, -0.2) is 0 Å². The van der Waals surface area contributed by atoms with E-state index in [0.717, 1.165) is 23.4 Å². The molecule has 0 unspecified atom stereocenters. The number of hydrogen-bond donors (Lipinski definition) is 0. The average Bonchev–Trinajstić information content (AvgIpc) is 2.73. The molecule has 1 amide bonds. The summed E-state index contributed by atoms with van der Waals surface area (Å²) in [5.74, 6) is 0.835. The first-order valence-corrected chi connectivity index (χ1v) is 6.29. The number of anilines is 1. The molecule has 0 radical (unpaired) electrons. The highest BCUT2D eigenvalue weighted by atomic mass is 35.5. The van der Waals surface area contributed by atoms with Crippen LogP contribution in [0, 0.1) is 0 Å². The van der Waals surface area contributed by atoms with Gasteiger partial charge in [-0.2, -0.15) is 0 Å². The van der Waals surface area contributed by atoms with Gasteiger partial charge in [-0.05, 0) is 32.4 Å². The molecule has 1 aromatic rings. The third kappa shape index (κ3) is 2.25. The maximum absolute atomic E-state index is 11.9. The number of hydrogen-bond acceptors (Lipinski definition) is 2. The Morgan fingerprint density at radius 3 is 3.00 bits per heavy atom. The molecular formula is C13H16ClNO2. The fourth-order valence-electron chi connectivity index (χ4n) is 2.14. The Labute approximate surface area is 106 Å². The van der Waals surface area contributed by atoms with E-state index in [9.17, 15) is 4.79 Å². The minimum Gasteiger partial charge on any atom is -0.494 e. The molecule has 17 heavy (non-hydrogen) atoms. The Morgan fingerprint density at radius 2 is 2.35 bits per heavy atom. The lowest BCUT2D eigenvalue weighted by atomic mass is 10.1. The number of benzene rings is 1. The molecule has 0 bridgehead atoms. The van der Waals surface area contributed by atoms with Gasteiger partial charge < -0.3 is 9.64 Å². The number of carbonyl (C=O) groups is 1. The predicted octanol–water partition coefficient (Wildman–Crippen LogP) is 2.60. The van der Waals surface area contributed by atoms with E-state index in [2.05, 4.69) is 0 Å². The molecule has 0 saturated carbocycles. The summed E-state index contributed by atoms with van der Waals surface area (Å²) < 4.78 is 5.57. The predicted molar refractivity (Wildman–Crippen MR) is 69.0 cm³/mol. The van der Waals surface area contributed by atoms with Crippen molar-refractivity contribution in [1.82, 2.24) is 0 Å². The van der Waals surface area contributed by atoms with Crippen LogP contribution < -0.4 is 9.64 Å². The summed E-state index contributed by atoms with van der Waals surface area (Å²) in [6.45, 7) is 4.98. The standard InChI is InChI=1S/C13H16ClNO2/c1-3-17-12-6-4-5-11-10(12)7-8-15(11)13(16)9(2)14/h4-6,9H,3,7-8H2,1-2H3/t9-/m0/s1. The smallest absolute Gasteiger partial charge is 0.244 e. The van der Waals surface area contributed by atoms with Crippen LogP contribution in [0.25, 0.3) is 0 Å². The third-order valence-electron chi connectivity index (χ3n) is 2.89. The van der Waals surface area contributed by atoms with E-state index < -0.39 is 5.38 Å². The van der Waals surface area contributed by atoms with Gasteiger partial charge in [0.1, 0.15) is 11.1 Å². The zero-order valence-corrected chi connectivity index (χ0v) is 10.8. The van der Waals surface area contributed by atoms with Gasteiger partial charge in [-0.1, -0.05) is 6.07 Å². The van der Waals surface area contributed by atoms with Gasteiger partial charge in [-0.15, -0.1) is 11.6 Å². The molecule has 1 atom stereocenters. The average molecular weight is 254 g/mol. The Kier molecular flexibility index (Phi) is 3.57. The number of carbonyl (C=O) groups excluding carboxylic acids is 1. The summed E-state index contributed by atoms with van der Waals surface area (Å²) in [7, 11) is 0. The summed E-state index contributed by atoms with van der Waals surface area (Å²) >= 11 is 5.85. The lowest BCUT2D eigenvalue weighted by Gasteiger charge is -2.19. The monoisotopic (exact) mass is 253 g/mol. The van der Waals surface area contributed by atoms with Crippen LogP contribution in [0.4, 0.5) is 5.69 Å². The molecule has 1 heterocycles. The van der Waals surface area contributed by atoms with Crippen molar-refractivity contribution in [2.24, 2.45) is 0 Å². The van der Waals surface area contributed by atoms with Crippen molar-refractivity contribution in [3.8, 4) is 5.75 Å². The fraction of sp³-hybridized carbons (Fsp3) is 0.462. The number of nitrogens with zero attached hydrogens (tertiary/aromatic N) is 1. The number of amides is 1. The van der Waals surface area contributed by atoms with Crippen LogP contribution >= 0.6 is 11.6 Å². The lowest BCUT2D eigenvalue weighted by Crippen LogP contribution is -2.34. The second-order valence-corrected chi connectivity index (χ2v) is 4.70. The van der Waals surface area contributed by atoms with E-state index in [1.807, 2.05) is 25.1 Å². The second-order valence-electron chi connectivity index (χ2n) is 4.04. The van der Waals surface area contributed by atoms with Crippen LogP contribution in [0.3, 0.4) is 0 Å². The van der Waals surface area contributed by atoms with E-state index >= 15 is 0 Å². The number of rotatable bonds is 3. The Bertz CT molecular complexity index is 431. The van der Waals surface area contributed by atoms with Gasteiger partial charge in [0.2, 0.25) is 5.91 Å². The van der Waals surface area contributed by atoms with Crippen LogP contribution in [0.5, 0.6) is 5.75 Å². The number of halogens is 1. The summed E-state index contributed by atoms with van der Waals surface area (Å²) in [6.07, 6.45) is 0.834. The first-order valence-electron chi connectivity index (χ1n) is 5.85. The molecular weight excluding hydrogens is 238 g/mol. The van der Waals surface area contributed by atoms with Crippen LogP contribution in [-0.4, -0.2) is 24.4 Å². The summed E-state index contributed by atoms with van der Waals surface area (Å²) in [5.41, 5.74) is 2.05. The molecule has 2 rings (SSSR count). The van der Waals surface area contributed by atoms with E-state index in [0.29, 0.717) is 13.2 Å². The SMILES string of the molecule is CCOc1cccc2c1CCN2C(=O)[C@H](C)Cl. The largest absolute Gasteiger partial charge is 0.494 e. The molecule has 92 valence electrons. The van der Waals surface area contributed by atoms with E-state index in [4.69, 9.17) is 16.3 Å². The molecule has 0 saturated heterocycles. The summed E-state index contributed by atoms with van der Waals surface area (Å²) in [5, 5.41) is -0.489. The number of alkyl halides is 1. The van der Waals surface area contributed by atoms with Crippen LogP contribution in [-0.2, 0) is 11.2 Å². The molecule has 0 spiro atoms. The number of fused-ring (bicyclic) bond motifs is 1. The van der Waals surface area contributed by atoms with Crippen molar-refractivity contribution in [1.29, 1.82) is 0 Å². The highest BCUT2D eigenvalue weighted by Gasteiger charge is 2.28. The van der Waals surface area contributed by atoms with Gasteiger partial charge in [-0.3, -0.25) is 4.79 Å². The first-order chi connectivity index (χ1) is 8.15. The Balaban J connectivity index is 2.32. The van der Waals surface area contributed by atoms with Gasteiger partial charge in [0.25, 0.3) is 0 Å². The van der Waals surface area contributed by atoms with Crippen LogP contribution in [0.2, 0.25) is 0 Å². The van der Waals surface area contributed by atoms with Gasteiger partial charge in [0.05, 0.1) is 12.3 Å².